The van der Waals surface area contributed by atoms with Gasteiger partial charge in [0.05, 0.1) is 4.92 Å². The first-order valence-corrected chi connectivity index (χ1v) is 7.72. The first-order valence-electron chi connectivity index (χ1n) is 7.72. The van der Waals surface area contributed by atoms with Crippen LogP contribution in [0, 0.1) is 10.1 Å². The highest BCUT2D eigenvalue weighted by Gasteiger charge is 2.27. The predicted octanol–water partition coefficient (Wildman–Crippen LogP) is 3.84. The van der Waals surface area contributed by atoms with Gasteiger partial charge < -0.3 is 10.1 Å². The molecule has 1 heterocycles. The van der Waals surface area contributed by atoms with Crippen LogP contribution >= 0.6 is 0 Å². The van der Waals surface area contributed by atoms with Gasteiger partial charge in [-0.15, -0.1) is 0 Å². The van der Waals surface area contributed by atoms with Crippen LogP contribution in [-0.4, -0.2) is 21.0 Å². The van der Waals surface area contributed by atoms with Gasteiger partial charge in [-0.2, -0.15) is 4.98 Å². The summed E-state index contributed by atoms with van der Waals surface area (Å²) in [7, 11) is 0. The summed E-state index contributed by atoms with van der Waals surface area (Å²) in [5.41, 5.74) is 0.500. The molecule has 1 aromatic carbocycles. The van der Waals surface area contributed by atoms with Crippen molar-refractivity contribution in [2.75, 3.05) is 5.32 Å². The predicted molar refractivity (Wildman–Crippen MR) is 85.9 cm³/mol. The molecule has 1 N–H and O–H groups in total. The molecule has 0 radical (unpaired) electrons. The minimum Gasteiger partial charge on any atom is -0.469 e. The minimum atomic E-state index is -0.497. The summed E-state index contributed by atoms with van der Waals surface area (Å²) < 4.78 is 5.79. The van der Waals surface area contributed by atoms with Gasteiger partial charge in [0.2, 0.25) is 5.82 Å². The van der Waals surface area contributed by atoms with E-state index in [-0.39, 0.29) is 23.5 Å². The summed E-state index contributed by atoms with van der Waals surface area (Å²) in [6, 6.07) is 9.18. The van der Waals surface area contributed by atoms with Crippen molar-refractivity contribution in [2.24, 2.45) is 0 Å². The maximum Gasteiger partial charge on any atom is 0.373 e. The number of hydrogen-bond donors (Lipinski definition) is 1. The Morgan fingerprint density at radius 2 is 1.87 bits per heavy atom. The van der Waals surface area contributed by atoms with Crippen molar-refractivity contribution in [3.8, 4) is 5.88 Å². The molecular formula is C16H18N4O3. The van der Waals surface area contributed by atoms with Crippen LogP contribution in [0.5, 0.6) is 5.88 Å². The van der Waals surface area contributed by atoms with E-state index in [1.165, 1.54) is 12.7 Å². The van der Waals surface area contributed by atoms with Crippen LogP contribution < -0.4 is 10.1 Å². The van der Waals surface area contributed by atoms with Crippen molar-refractivity contribution < 1.29 is 9.66 Å². The maximum absolute atomic E-state index is 11.5. The lowest BCUT2D eigenvalue weighted by Gasteiger charge is -2.22. The first-order chi connectivity index (χ1) is 11.2. The topological polar surface area (TPSA) is 90.2 Å². The molecule has 1 aliphatic carbocycles. The summed E-state index contributed by atoms with van der Waals surface area (Å²) in [5, 5.41) is 14.4. The van der Waals surface area contributed by atoms with Gasteiger partial charge >= 0.3 is 5.69 Å². The SMILES string of the molecule is O=[N+]([O-])c1c(Nc2ccccc2)ncnc1OC1CCCCC1. The molecule has 0 bridgehead atoms. The summed E-state index contributed by atoms with van der Waals surface area (Å²) in [6.45, 7) is 0. The second-order valence-corrected chi connectivity index (χ2v) is 5.50. The van der Waals surface area contributed by atoms with E-state index in [0.29, 0.717) is 0 Å². The summed E-state index contributed by atoms with van der Waals surface area (Å²) in [4.78, 5) is 19.0. The molecule has 2 aromatic rings. The summed E-state index contributed by atoms with van der Waals surface area (Å²) in [5.74, 6) is 0.178. The molecule has 0 saturated heterocycles. The largest absolute Gasteiger partial charge is 0.469 e. The fraction of sp³-hybridized carbons (Fsp3) is 0.375. The molecule has 7 heteroatoms. The fourth-order valence-corrected chi connectivity index (χ4v) is 2.70. The molecule has 0 aliphatic heterocycles. The standard InChI is InChI=1S/C16H18N4O3/c21-20(22)14-15(19-12-7-3-1-4-8-12)17-11-18-16(14)23-13-9-5-2-6-10-13/h1,3-4,7-8,11,13H,2,5-6,9-10H2,(H,17,18,19). The third-order valence-corrected chi connectivity index (χ3v) is 3.84. The number of nitrogens with one attached hydrogen (secondary N) is 1. The number of benzene rings is 1. The molecule has 1 aliphatic rings. The Balaban J connectivity index is 1.87. The molecule has 0 atom stereocenters. The molecule has 0 amide bonds. The van der Waals surface area contributed by atoms with Gasteiger partial charge in [-0.25, -0.2) is 4.98 Å². The zero-order valence-corrected chi connectivity index (χ0v) is 12.6. The smallest absolute Gasteiger partial charge is 0.373 e. The molecule has 1 saturated carbocycles. The van der Waals surface area contributed by atoms with E-state index in [2.05, 4.69) is 15.3 Å². The van der Waals surface area contributed by atoms with Crippen LogP contribution in [0.1, 0.15) is 32.1 Å². The normalized spacial score (nSPS) is 15.1. The number of hydrogen-bond acceptors (Lipinski definition) is 6. The van der Waals surface area contributed by atoms with Gasteiger partial charge in [-0.1, -0.05) is 24.6 Å². The average molecular weight is 314 g/mol. The third-order valence-electron chi connectivity index (χ3n) is 3.84. The fourth-order valence-electron chi connectivity index (χ4n) is 2.70. The molecule has 7 nitrogen and oxygen atoms in total. The van der Waals surface area contributed by atoms with E-state index >= 15 is 0 Å². The van der Waals surface area contributed by atoms with Crippen molar-refractivity contribution in [3.63, 3.8) is 0 Å². The Bertz CT molecular complexity index is 672. The van der Waals surface area contributed by atoms with Crippen LogP contribution in [0.3, 0.4) is 0 Å². The molecule has 23 heavy (non-hydrogen) atoms. The lowest BCUT2D eigenvalue weighted by atomic mass is 9.98. The quantitative estimate of drug-likeness (QED) is 0.666. The summed E-state index contributed by atoms with van der Waals surface area (Å²) >= 11 is 0. The van der Waals surface area contributed by atoms with Gasteiger partial charge in [0.25, 0.3) is 5.88 Å². The highest BCUT2D eigenvalue weighted by Crippen LogP contribution is 2.34. The highest BCUT2D eigenvalue weighted by atomic mass is 16.6. The van der Waals surface area contributed by atoms with Crippen LogP contribution in [-0.2, 0) is 0 Å². The van der Waals surface area contributed by atoms with E-state index in [9.17, 15) is 10.1 Å². The number of para-hydroxylation sites is 1. The zero-order chi connectivity index (χ0) is 16.1. The van der Waals surface area contributed by atoms with Crippen molar-refractivity contribution >= 4 is 17.2 Å². The van der Waals surface area contributed by atoms with Crippen molar-refractivity contribution in [1.29, 1.82) is 0 Å². The number of aromatic nitrogens is 2. The average Bonchev–Trinajstić information content (AvgIpc) is 2.56. The van der Waals surface area contributed by atoms with Crippen molar-refractivity contribution in [2.45, 2.75) is 38.2 Å². The third kappa shape index (κ3) is 3.74. The van der Waals surface area contributed by atoms with Gasteiger partial charge in [-0.05, 0) is 37.8 Å². The van der Waals surface area contributed by atoms with Crippen LogP contribution in [0.2, 0.25) is 0 Å². The number of ether oxygens (including phenoxy) is 1. The first kappa shape index (κ1) is 15.2. The van der Waals surface area contributed by atoms with Crippen LogP contribution in [0.15, 0.2) is 36.7 Å². The van der Waals surface area contributed by atoms with Gasteiger partial charge in [0.15, 0.2) is 0 Å². The number of anilines is 2. The zero-order valence-electron chi connectivity index (χ0n) is 12.6. The van der Waals surface area contributed by atoms with E-state index < -0.39 is 4.92 Å². The number of nitro groups is 1. The Kier molecular flexibility index (Phi) is 4.65. The lowest BCUT2D eigenvalue weighted by Crippen LogP contribution is -2.21. The molecule has 0 unspecified atom stereocenters. The molecule has 1 fully saturated rings. The minimum absolute atomic E-state index is 0.0121. The van der Waals surface area contributed by atoms with Gasteiger partial charge in [0, 0.05) is 5.69 Å². The number of nitrogens with zero attached hydrogens (tertiary/aromatic N) is 3. The van der Waals surface area contributed by atoms with Crippen LogP contribution in [0.4, 0.5) is 17.2 Å². The maximum atomic E-state index is 11.5. The molecule has 120 valence electrons. The van der Waals surface area contributed by atoms with Gasteiger partial charge in [0.1, 0.15) is 12.4 Å². The van der Waals surface area contributed by atoms with Gasteiger partial charge in [-0.3, -0.25) is 10.1 Å². The summed E-state index contributed by atoms with van der Waals surface area (Å²) in [6.07, 6.45) is 6.44. The Labute approximate surface area is 133 Å². The van der Waals surface area contributed by atoms with E-state index in [4.69, 9.17) is 4.74 Å². The second kappa shape index (κ2) is 7.04. The Hall–Kier alpha value is -2.70. The molecule has 1 aromatic heterocycles. The van der Waals surface area contributed by atoms with E-state index in [1.807, 2.05) is 30.3 Å². The molecule has 0 spiro atoms. The molecule has 3 rings (SSSR count). The molecular weight excluding hydrogens is 296 g/mol. The lowest BCUT2D eigenvalue weighted by molar-refractivity contribution is -0.385. The highest BCUT2D eigenvalue weighted by molar-refractivity contribution is 5.68. The van der Waals surface area contributed by atoms with Crippen molar-refractivity contribution in [1.82, 2.24) is 9.97 Å². The van der Waals surface area contributed by atoms with E-state index in [0.717, 1.165) is 31.4 Å². The Morgan fingerprint density at radius 1 is 1.13 bits per heavy atom. The second-order valence-electron chi connectivity index (χ2n) is 5.50. The monoisotopic (exact) mass is 314 g/mol. The van der Waals surface area contributed by atoms with Crippen molar-refractivity contribution in [3.05, 3.63) is 46.8 Å². The van der Waals surface area contributed by atoms with Crippen LogP contribution in [0.25, 0.3) is 0 Å². The number of rotatable bonds is 5. The Morgan fingerprint density at radius 3 is 2.57 bits per heavy atom. The van der Waals surface area contributed by atoms with E-state index in [1.54, 1.807) is 0 Å².